The van der Waals surface area contributed by atoms with Gasteiger partial charge in [0.2, 0.25) is 0 Å². The van der Waals surface area contributed by atoms with Crippen LogP contribution in [-0.4, -0.2) is 40.4 Å². The van der Waals surface area contributed by atoms with E-state index in [-0.39, 0.29) is 11.7 Å². The number of anilines is 1. The van der Waals surface area contributed by atoms with E-state index in [9.17, 15) is 4.79 Å². The highest BCUT2D eigenvalue weighted by Crippen LogP contribution is 2.28. The van der Waals surface area contributed by atoms with Gasteiger partial charge in [-0.25, -0.2) is 9.97 Å². The Balaban J connectivity index is 1.70. The van der Waals surface area contributed by atoms with Crippen molar-refractivity contribution in [2.75, 3.05) is 19.4 Å². The molecule has 0 bridgehead atoms. The quantitative estimate of drug-likeness (QED) is 0.263. The third-order valence-electron chi connectivity index (χ3n) is 5.68. The van der Waals surface area contributed by atoms with E-state index in [0.717, 1.165) is 24.2 Å². The van der Waals surface area contributed by atoms with E-state index in [2.05, 4.69) is 17.3 Å². The molecule has 2 aromatic carbocycles. The summed E-state index contributed by atoms with van der Waals surface area (Å²) in [5.41, 5.74) is 9.84. The molecule has 0 spiro atoms. The second kappa shape index (κ2) is 10.8. The predicted molar refractivity (Wildman–Crippen MR) is 137 cm³/mol. The zero-order chi connectivity index (χ0) is 23.9. The van der Waals surface area contributed by atoms with Crippen LogP contribution in [0.15, 0.2) is 53.6 Å². The molecule has 8 nitrogen and oxygen atoms in total. The number of nitrogen functional groups attached to an aromatic ring is 1. The second-order valence-electron chi connectivity index (χ2n) is 8.15. The Hall–Kier alpha value is -3.94. The summed E-state index contributed by atoms with van der Waals surface area (Å²) in [6.45, 7) is 2.77. The van der Waals surface area contributed by atoms with E-state index in [1.165, 1.54) is 23.9 Å². The maximum Gasteiger partial charge on any atom is 0.257 e. The Morgan fingerprint density at radius 1 is 1.09 bits per heavy atom. The summed E-state index contributed by atoms with van der Waals surface area (Å²) in [4.78, 5) is 22.6. The van der Waals surface area contributed by atoms with Crippen molar-refractivity contribution in [1.82, 2.24) is 20.0 Å². The fourth-order valence-corrected chi connectivity index (χ4v) is 3.85. The van der Waals surface area contributed by atoms with Crippen molar-refractivity contribution in [3.63, 3.8) is 0 Å². The first-order chi connectivity index (χ1) is 16.6. The smallest absolute Gasteiger partial charge is 0.257 e. The van der Waals surface area contributed by atoms with Crippen LogP contribution >= 0.6 is 0 Å². The number of nitrogens with zero attached hydrogens (tertiary/aromatic N) is 4. The van der Waals surface area contributed by atoms with E-state index in [1.807, 2.05) is 48.5 Å². The summed E-state index contributed by atoms with van der Waals surface area (Å²) in [5, 5.41) is 7.54. The molecule has 0 aliphatic rings. The zero-order valence-electron chi connectivity index (χ0n) is 19.6. The lowest BCUT2D eigenvalue weighted by molar-refractivity contribution is 0.0955. The number of unbranched alkanes of at least 4 members (excludes halogenated alkanes) is 4. The van der Waals surface area contributed by atoms with E-state index in [0.29, 0.717) is 34.3 Å². The normalized spacial score (nSPS) is 11.5. The van der Waals surface area contributed by atoms with Crippen LogP contribution in [0.1, 0.15) is 54.9 Å². The molecule has 2 aromatic heterocycles. The molecule has 1 amide bonds. The van der Waals surface area contributed by atoms with Crippen LogP contribution in [0.5, 0.6) is 5.75 Å². The highest BCUT2D eigenvalue weighted by Gasteiger charge is 2.23. The van der Waals surface area contributed by atoms with Crippen LogP contribution < -0.4 is 15.8 Å². The number of ether oxygens (including phenoxy) is 1. The fourth-order valence-electron chi connectivity index (χ4n) is 3.85. The standard InChI is InChI=1S/C26H30N6O2/c1-3-4-5-6-9-15-28-26(33)22-23-25(31-21-14-8-7-13-20(21)30-23)32(24(22)27)29-17-18-11-10-12-19(16-18)34-2/h7-8,10-14,16-17H,3-6,9,15,27H2,1-2H3,(H,28,33)/b29-17+. The number of carbonyl (C=O) groups is 1. The van der Waals surface area contributed by atoms with E-state index < -0.39 is 0 Å². The average Bonchev–Trinajstić information content (AvgIpc) is 3.13. The lowest BCUT2D eigenvalue weighted by Gasteiger charge is -2.05. The molecule has 0 saturated carbocycles. The Bertz CT molecular complexity index is 1330. The van der Waals surface area contributed by atoms with Gasteiger partial charge in [-0.3, -0.25) is 4.79 Å². The first kappa shape index (κ1) is 23.2. The van der Waals surface area contributed by atoms with Crippen LogP contribution in [-0.2, 0) is 0 Å². The Morgan fingerprint density at radius 2 is 1.85 bits per heavy atom. The molecule has 0 saturated heterocycles. The number of carbonyl (C=O) groups excluding carboxylic acids is 1. The lowest BCUT2D eigenvalue weighted by Crippen LogP contribution is -2.25. The second-order valence-corrected chi connectivity index (χ2v) is 8.15. The number of nitrogens with two attached hydrogens (primary N) is 1. The first-order valence-corrected chi connectivity index (χ1v) is 11.7. The Morgan fingerprint density at radius 3 is 2.62 bits per heavy atom. The molecular formula is C26H30N6O2. The number of amides is 1. The van der Waals surface area contributed by atoms with Crippen molar-refractivity contribution in [3.8, 4) is 5.75 Å². The van der Waals surface area contributed by atoms with Gasteiger partial charge in [0.25, 0.3) is 5.91 Å². The van der Waals surface area contributed by atoms with Crippen LogP contribution in [0.3, 0.4) is 0 Å². The zero-order valence-corrected chi connectivity index (χ0v) is 19.6. The summed E-state index contributed by atoms with van der Waals surface area (Å²) >= 11 is 0. The summed E-state index contributed by atoms with van der Waals surface area (Å²) in [6.07, 6.45) is 7.23. The minimum absolute atomic E-state index is 0.202. The summed E-state index contributed by atoms with van der Waals surface area (Å²) in [5.74, 6) is 0.657. The molecule has 0 fully saturated rings. The van der Waals surface area contributed by atoms with Gasteiger partial charge in [0.15, 0.2) is 5.65 Å². The molecule has 0 radical (unpaired) electrons. The van der Waals surface area contributed by atoms with Crippen LogP contribution in [0.4, 0.5) is 5.82 Å². The number of para-hydroxylation sites is 2. The topological polar surface area (TPSA) is 107 Å². The van der Waals surface area contributed by atoms with Crippen LogP contribution in [0.2, 0.25) is 0 Å². The molecule has 0 atom stereocenters. The van der Waals surface area contributed by atoms with Gasteiger partial charge in [0, 0.05) is 6.54 Å². The van der Waals surface area contributed by atoms with Crippen molar-refractivity contribution in [2.24, 2.45) is 5.10 Å². The van der Waals surface area contributed by atoms with Gasteiger partial charge < -0.3 is 15.8 Å². The summed E-state index contributed by atoms with van der Waals surface area (Å²) in [6, 6.07) is 15.0. The van der Waals surface area contributed by atoms with Crippen LogP contribution in [0, 0.1) is 0 Å². The van der Waals surface area contributed by atoms with Gasteiger partial charge in [-0.2, -0.15) is 9.78 Å². The molecule has 4 rings (SSSR count). The van der Waals surface area contributed by atoms with Gasteiger partial charge >= 0.3 is 0 Å². The van der Waals surface area contributed by atoms with Gasteiger partial charge in [-0.05, 0) is 36.2 Å². The Kier molecular flexibility index (Phi) is 7.37. The monoisotopic (exact) mass is 458 g/mol. The summed E-state index contributed by atoms with van der Waals surface area (Å²) < 4.78 is 6.76. The molecule has 3 N–H and O–H groups in total. The molecule has 34 heavy (non-hydrogen) atoms. The van der Waals surface area contributed by atoms with Crippen molar-refractivity contribution in [2.45, 2.75) is 39.0 Å². The lowest BCUT2D eigenvalue weighted by atomic mass is 10.1. The number of rotatable bonds is 10. The average molecular weight is 459 g/mol. The SMILES string of the molecule is CCCCCCCNC(=O)c1c(N)n(/N=C/c2cccc(OC)c2)c2nc3ccccc3nc12. The molecular weight excluding hydrogens is 428 g/mol. The number of aromatic nitrogens is 3. The predicted octanol–water partition coefficient (Wildman–Crippen LogP) is 4.76. The number of hydrogen-bond acceptors (Lipinski definition) is 6. The minimum Gasteiger partial charge on any atom is -0.497 e. The molecule has 176 valence electrons. The Labute approximate surface area is 198 Å². The maximum atomic E-state index is 13.1. The third-order valence-corrected chi connectivity index (χ3v) is 5.68. The van der Waals surface area contributed by atoms with Crippen molar-refractivity contribution in [1.29, 1.82) is 0 Å². The van der Waals surface area contributed by atoms with Gasteiger partial charge in [0.05, 0.1) is 24.4 Å². The maximum absolute atomic E-state index is 13.1. The van der Waals surface area contributed by atoms with Crippen molar-refractivity contribution >= 4 is 40.1 Å². The number of methoxy groups -OCH3 is 1. The van der Waals surface area contributed by atoms with Gasteiger partial charge in [-0.15, -0.1) is 0 Å². The molecule has 4 aromatic rings. The number of benzene rings is 2. The number of hydrogen-bond donors (Lipinski definition) is 2. The van der Waals surface area contributed by atoms with Crippen molar-refractivity contribution in [3.05, 3.63) is 59.7 Å². The molecule has 0 aliphatic heterocycles. The molecule has 8 heteroatoms. The highest BCUT2D eigenvalue weighted by molar-refractivity contribution is 6.10. The fraction of sp³-hybridized carbons (Fsp3) is 0.308. The minimum atomic E-state index is -0.266. The first-order valence-electron chi connectivity index (χ1n) is 11.7. The molecule has 0 unspecified atom stereocenters. The highest BCUT2D eigenvalue weighted by atomic mass is 16.5. The van der Waals surface area contributed by atoms with E-state index in [4.69, 9.17) is 20.4 Å². The summed E-state index contributed by atoms with van der Waals surface area (Å²) in [7, 11) is 1.61. The van der Waals surface area contributed by atoms with Gasteiger partial charge in [-0.1, -0.05) is 56.9 Å². The van der Waals surface area contributed by atoms with Crippen molar-refractivity contribution < 1.29 is 9.53 Å². The molecule has 0 aliphatic carbocycles. The van der Waals surface area contributed by atoms with Gasteiger partial charge in [0.1, 0.15) is 22.6 Å². The number of fused-ring (bicyclic) bond motifs is 2. The number of nitrogens with one attached hydrogen (secondary N) is 1. The van der Waals surface area contributed by atoms with Crippen LogP contribution in [0.25, 0.3) is 22.2 Å². The third kappa shape index (κ3) is 5.01. The van der Waals surface area contributed by atoms with E-state index in [1.54, 1.807) is 13.3 Å². The largest absolute Gasteiger partial charge is 0.497 e. The molecule has 2 heterocycles. The van der Waals surface area contributed by atoms with E-state index >= 15 is 0 Å².